The highest BCUT2D eigenvalue weighted by molar-refractivity contribution is 7.47. The number of hydrogen-bond donors (Lipinski definition) is 1. The van der Waals surface area contributed by atoms with Gasteiger partial charge in [0, 0.05) is 0 Å². The van der Waals surface area contributed by atoms with Crippen LogP contribution in [0.3, 0.4) is 0 Å². The molecule has 0 atom stereocenters. The molecule has 4 saturated carbocycles. The summed E-state index contributed by atoms with van der Waals surface area (Å²) in [6.45, 7) is 0. The zero-order chi connectivity index (χ0) is 20.1. The highest BCUT2D eigenvalue weighted by Crippen LogP contribution is 2.51. The van der Waals surface area contributed by atoms with Crippen molar-refractivity contribution in [3.05, 3.63) is 0 Å². The van der Waals surface area contributed by atoms with Crippen LogP contribution in [0.1, 0.15) is 116 Å². The Hall–Kier alpha value is 0.110. The third kappa shape index (κ3) is 6.55. The lowest BCUT2D eigenvalue weighted by atomic mass is 9.73. The SMILES string of the molecule is O=P(O)(OC1CCC(C2CCCCC2)CC1)OC1CCC(C2CCCCC2)CC1. The standard InChI is InChI=1S/C24H43O4P/c25-29(26,27-23-15-11-21(12-16-23)19-7-3-1-4-8-19)28-24-17-13-22(14-18-24)20-9-5-2-6-10-20/h19-24H,1-18H2,(H,25,26). The molecule has 0 unspecified atom stereocenters. The lowest BCUT2D eigenvalue weighted by molar-refractivity contribution is 0.0250. The van der Waals surface area contributed by atoms with Gasteiger partial charge in [-0.1, -0.05) is 64.2 Å². The average Bonchev–Trinajstić information content (AvgIpc) is 2.75. The van der Waals surface area contributed by atoms with E-state index in [1.54, 1.807) is 0 Å². The molecule has 0 aromatic carbocycles. The Kier molecular flexibility index (Phi) is 8.17. The lowest BCUT2D eigenvalue weighted by Gasteiger charge is -2.37. The maximum atomic E-state index is 12.6. The van der Waals surface area contributed by atoms with Crippen LogP contribution in [0.5, 0.6) is 0 Å². The van der Waals surface area contributed by atoms with Gasteiger partial charge in [0.1, 0.15) is 0 Å². The summed E-state index contributed by atoms with van der Waals surface area (Å²) in [4.78, 5) is 10.4. The molecule has 1 N–H and O–H groups in total. The summed E-state index contributed by atoms with van der Waals surface area (Å²) in [6.07, 6.45) is 22.1. The Bertz CT molecular complexity index is 481. The molecule has 0 aromatic heterocycles. The molecule has 4 rings (SSSR count). The van der Waals surface area contributed by atoms with E-state index in [2.05, 4.69) is 0 Å². The van der Waals surface area contributed by atoms with E-state index >= 15 is 0 Å². The van der Waals surface area contributed by atoms with Crippen molar-refractivity contribution >= 4 is 7.82 Å². The second kappa shape index (κ2) is 10.6. The minimum absolute atomic E-state index is 0.0933. The van der Waals surface area contributed by atoms with Gasteiger partial charge in [-0.15, -0.1) is 0 Å². The van der Waals surface area contributed by atoms with Crippen LogP contribution in [0, 0.1) is 23.7 Å². The van der Waals surface area contributed by atoms with Gasteiger partial charge in [-0.05, 0) is 75.0 Å². The Morgan fingerprint density at radius 3 is 1.14 bits per heavy atom. The van der Waals surface area contributed by atoms with E-state index in [-0.39, 0.29) is 12.2 Å². The van der Waals surface area contributed by atoms with E-state index < -0.39 is 7.82 Å². The molecule has 0 amide bonds. The second-order valence-corrected chi connectivity index (χ2v) is 11.9. The van der Waals surface area contributed by atoms with Crippen molar-refractivity contribution < 1.29 is 18.5 Å². The van der Waals surface area contributed by atoms with Gasteiger partial charge in [0.15, 0.2) is 0 Å². The zero-order valence-electron chi connectivity index (χ0n) is 18.3. The monoisotopic (exact) mass is 426 g/mol. The van der Waals surface area contributed by atoms with Crippen molar-refractivity contribution in [2.45, 2.75) is 128 Å². The van der Waals surface area contributed by atoms with Crippen molar-refractivity contribution in [1.82, 2.24) is 0 Å². The molecule has 0 aromatic rings. The van der Waals surface area contributed by atoms with Gasteiger partial charge in [0.25, 0.3) is 0 Å². The molecule has 0 aliphatic heterocycles. The van der Waals surface area contributed by atoms with Crippen LogP contribution in [0.2, 0.25) is 0 Å². The van der Waals surface area contributed by atoms with Crippen molar-refractivity contribution in [1.29, 1.82) is 0 Å². The van der Waals surface area contributed by atoms with Crippen LogP contribution in [0.25, 0.3) is 0 Å². The average molecular weight is 427 g/mol. The molecule has 4 fully saturated rings. The van der Waals surface area contributed by atoms with Gasteiger partial charge in [0.2, 0.25) is 0 Å². The first-order chi connectivity index (χ1) is 14.1. The second-order valence-electron chi connectivity index (χ2n) is 10.5. The highest BCUT2D eigenvalue weighted by atomic mass is 31.2. The third-order valence-electron chi connectivity index (χ3n) is 8.64. The van der Waals surface area contributed by atoms with E-state index in [1.165, 1.54) is 64.2 Å². The summed E-state index contributed by atoms with van der Waals surface area (Å²) in [6, 6.07) is 0. The fourth-order valence-corrected chi connectivity index (χ4v) is 8.17. The summed E-state index contributed by atoms with van der Waals surface area (Å²) in [5.41, 5.74) is 0. The topological polar surface area (TPSA) is 55.8 Å². The molecular formula is C24H43O4P. The van der Waals surface area contributed by atoms with Crippen molar-refractivity contribution in [3.63, 3.8) is 0 Å². The number of rotatable bonds is 6. The van der Waals surface area contributed by atoms with E-state index in [4.69, 9.17) is 9.05 Å². The summed E-state index contributed by atoms with van der Waals surface area (Å²) in [5, 5.41) is 0. The molecule has 0 saturated heterocycles. The summed E-state index contributed by atoms with van der Waals surface area (Å²) in [5.74, 6) is 3.40. The minimum Gasteiger partial charge on any atom is -0.302 e. The predicted octanol–water partition coefficient (Wildman–Crippen LogP) is 7.40. The summed E-state index contributed by atoms with van der Waals surface area (Å²) < 4.78 is 23.9. The summed E-state index contributed by atoms with van der Waals surface area (Å²) in [7, 11) is -3.93. The van der Waals surface area contributed by atoms with E-state index in [1.807, 2.05) is 0 Å². The predicted molar refractivity (Wildman–Crippen MR) is 117 cm³/mol. The molecule has 0 radical (unpaired) electrons. The van der Waals surface area contributed by atoms with Gasteiger partial charge >= 0.3 is 7.82 Å². The number of hydrogen-bond acceptors (Lipinski definition) is 3. The number of phosphoric acid groups is 1. The van der Waals surface area contributed by atoms with Crippen molar-refractivity contribution in [2.75, 3.05) is 0 Å². The zero-order valence-corrected chi connectivity index (χ0v) is 19.2. The van der Waals surface area contributed by atoms with Gasteiger partial charge in [-0.3, -0.25) is 9.05 Å². The fourth-order valence-electron chi connectivity index (χ4n) is 6.94. The molecule has 0 spiro atoms. The molecular weight excluding hydrogens is 383 g/mol. The molecule has 4 aliphatic rings. The van der Waals surface area contributed by atoms with Crippen molar-refractivity contribution in [2.24, 2.45) is 23.7 Å². The molecule has 168 valence electrons. The van der Waals surface area contributed by atoms with Gasteiger partial charge < -0.3 is 4.89 Å². The first-order valence-electron chi connectivity index (χ1n) is 12.8. The van der Waals surface area contributed by atoms with E-state index in [0.29, 0.717) is 0 Å². The lowest BCUT2D eigenvalue weighted by Crippen LogP contribution is -2.28. The maximum Gasteiger partial charge on any atom is 0.472 e. The fraction of sp³-hybridized carbons (Fsp3) is 1.00. The third-order valence-corrected chi connectivity index (χ3v) is 9.76. The Labute approximate surface area is 178 Å². The number of phosphoric ester groups is 1. The molecule has 29 heavy (non-hydrogen) atoms. The van der Waals surface area contributed by atoms with Crippen molar-refractivity contribution in [3.8, 4) is 0 Å². The van der Waals surface area contributed by atoms with Crippen LogP contribution in [0.4, 0.5) is 0 Å². The normalized spacial score (nSPS) is 37.8. The smallest absolute Gasteiger partial charge is 0.302 e. The van der Waals surface area contributed by atoms with Gasteiger partial charge in [0.05, 0.1) is 12.2 Å². The first-order valence-corrected chi connectivity index (χ1v) is 14.3. The van der Waals surface area contributed by atoms with Gasteiger partial charge in [-0.25, -0.2) is 4.57 Å². The Morgan fingerprint density at radius 1 is 0.483 bits per heavy atom. The molecule has 0 heterocycles. The quantitative estimate of drug-likeness (QED) is 0.450. The van der Waals surface area contributed by atoms with Gasteiger partial charge in [-0.2, -0.15) is 0 Å². The highest BCUT2D eigenvalue weighted by Gasteiger charge is 2.36. The minimum atomic E-state index is -3.93. The van der Waals surface area contributed by atoms with E-state index in [0.717, 1.165) is 75.0 Å². The van der Waals surface area contributed by atoms with Crippen LogP contribution >= 0.6 is 7.82 Å². The molecule has 4 nitrogen and oxygen atoms in total. The summed E-state index contributed by atoms with van der Waals surface area (Å²) >= 11 is 0. The molecule has 0 bridgehead atoms. The van der Waals surface area contributed by atoms with Crippen LogP contribution in [-0.4, -0.2) is 17.1 Å². The first kappa shape index (κ1) is 22.3. The Morgan fingerprint density at radius 2 is 0.793 bits per heavy atom. The van der Waals surface area contributed by atoms with Crippen LogP contribution in [0.15, 0.2) is 0 Å². The Balaban J connectivity index is 1.16. The largest absolute Gasteiger partial charge is 0.472 e. The molecule has 4 aliphatic carbocycles. The van der Waals surface area contributed by atoms with E-state index in [9.17, 15) is 9.46 Å². The maximum absolute atomic E-state index is 12.6. The van der Waals surface area contributed by atoms with Crippen LogP contribution < -0.4 is 0 Å². The molecule has 5 heteroatoms. The van der Waals surface area contributed by atoms with Crippen LogP contribution in [-0.2, 0) is 13.6 Å².